The Morgan fingerprint density at radius 1 is 1.39 bits per heavy atom. The lowest BCUT2D eigenvalue weighted by Gasteiger charge is -2.07. The maximum Gasteiger partial charge on any atom is 0.252 e. The number of benzene rings is 1. The quantitative estimate of drug-likeness (QED) is 0.729. The Hall–Kier alpha value is -0.630. The van der Waals surface area contributed by atoms with Crippen molar-refractivity contribution in [3.05, 3.63) is 31.8 Å². The van der Waals surface area contributed by atoms with Gasteiger partial charge in [0.1, 0.15) is 0 Å². The molecule has 0 atom stereocenters. The predicted octanol–water partition coefficient (Wildman–Crippen LogP) is 2.06. The molecule has 4 nitrogen and oxygen atoms in total. The second-order valence-electron chi connectivity index (χ2n) is 4.15. The van der Waals surface area contributed by atoms with Crippen molar-refractivity contribution in [2.45, 2.75) is 18.9 Å². The summed E-state index contributed by atoms with van der Waals surface area (Å²) in [7, 11) is 0. The van der Waals surface area contributed by atoms with Crippen molar-refractivity contribution < 1.29 is 9.59 Å². The fourth-order valence-corrected chi connectivity index (χ4v) is 2.38. The molecule has 1 aromatic carbocycles. The Morgan fingerprint density at radius 2 is 2.11 bits per heavy atom. The third-order valence-electron chi connectivity index (χ3n) is 2.52. The fraction of sp³-hybridized carbons (Fsp3) is 0.333. The molecule has 0 saturated heterocycles. The molecule has 6 heteroatoms. The van der Waals surface area contributed by atoms with Crippen LogP contribution in [0.5, 0.6) is 0 Å². The number of carbonyl (C=O) groups is 2. The molecule has 0 unspecified atom stereocenters. The number of nitrogens with one attached hydrogen (secondary N) is 2. The van der Waals surface area contributed by atoms with Crippen LogP contribution < -0.4 is 10.6 Å². The van der Waals surface area contributed by atoms with E-state index in [4.69, 9.17) is 0 Å². The summed E-state index contributed by atoms with van der Waals surface area (Å²) in [6.07, 6.45) is 2.09. The third kappa shape index (κ3) is 3.94. The Kier molecular flexibility index (Phi) is 4.60. The summed E-state index contributed by atoms with van der Waals surface area (Å²) in [5, 5.41) is 5.45. The molecule has 1 fully saturated rings. The number of carbonyl (C=O) groups excluding carboxylic acids is 2. The molecule has 1 aromatic rings. The number of hydrogen-bond donors (Lipinski definition) is 2. The first-order chi connectivity index (χ1) is 8.56. The zero-order chi connectivity index (χ0) is 13.1. The Balaban J connectivity index is 1.90. The minimum Gasteiger partial charge on any atom is -0.352 e. The van der Waals surface area contributed by atoms with Gasteiger partial charge < -0.3 is 10.6 Å². The molecule has 0 spiro atoms. The van der Waals surface area contributed by atoms with Crippen molar-refractivity contribution in [2.24, 2.45) is 0 Å². The number of amides is 2. The molecule has 96 valence electrons. The van der Waals surface area contributed by atoms with Crippen LogP contribution >= 0.6 is 38.5 Å². The Bertz CT molecular complexity index is 489. The molecule has 2 rings (SSSR count). The molecule has 1 aliphatic carbocycles. The number of hydrogen-bond acceptors (Lipinski definition) is 2. The summed E-state index contributed by atoms with van der Waals surface area (Å²) in [6.45, 7) is 0.0257. The minimum absolute atomic E-state index is 0.0257. The molecule has 0 aromatic heterocycles. The summed E-state index contributed by atoms with van der Waals surface area (Å²) >= 11 is 5.42. The van der Waals surface area contributed by atoms with Crippen molar-refractivity contribution in [2.75, 3.05) is 6.54 Å². The maximum absolute atomic E-state index is 11.9. The first-order valence-electron chi connectivity index (χ1n) is 5.59. The van der Waals surface area contributed by atoms with Crippen LogP contribution in [0.15, 0.2) is 22.7 Å². The fourth-order valence-electron chi connectivity index (χ4n) is 1.43. The first-order valence-corrected chi connectivity index (χ1v) is 7.46. The van der Waals surface area contributed by atoms with E-state index in [1.807, 2.05) is 12.1 Å². The van der Waals surface area contributed by atoms with Crippen LogP contribution in [-0.2, 0) is 4.79 Å². The lowest BCUT2D eigenvalue weighted by Crippen LogP contribution is -2.38. The van der Waals surface area contributed by atoms with Gasteiger partial charge in [-0.2, -0.15) is 0 Å². The van der Waals surface area contributed by atoms with Crippen molar-refractivity contribution in [1.29, 1.82) is 0 Å². The van der Waals surface area contributed by atoms with Crippen LogP contribution in [0.1, 0.15) is 23.2 Å². The van der Waals surface area contributed by atoms with Crippen LogP contribution in [0.3, 0.4) is 0 Å². The molecule has 2 amide bonds. The molecular weight excluding hydrogens is 411 g/mol. The molecule has 1 aliphatic rings. The standard InChI is InChI=1S/C12H12BrIN2O2/c13-7-1-4-10(14)9(5-7)12(18)15-6-11(17)16-8-2-3-8/h1,4-5,8H,2-3,6H2,(H,15,18)(H,16,17). The first kappa shape index (κ1) is 13.8. The molecule has 1 saturated carbocycles. The zero-order valence-corrected chi connectivity index (χ0v) is 13.2. The third-order valence-corrected chi connectivity index (χ3v) is 3.96. The average Bonchev–Trinajstić information content (AvgIpc) is 3.13. The molecule has 0 radical (unpaired) electrons. The van der Waals surface area contributed by atoms with E-state index in [-0.39, 0.29) is 18.4 Å². The normalized spacial score (nSPS) is 14.1. The van der Waals surface area contributed by atoms with Crippen LogP contribution in [0.4, 0.5) is 0 Å². The van der Waals surface area contributed by atoms with Crippen molar-refractivity contribution in [3.8, 4) is 0 Å². The average molecular weight is 423 g/mol. The monoisotopic (exact) mass is 422 g/mol. The van der Waals surface area contributed by atoms with Crippen LogP contribution in [0, 0.1) is 3.57 Å². The highest BCUT2D eigenvalue weighted by molar-refractivity contribution is 14.1. The second-order valence-corrected chi connectivity index (χ2v) is 6.23. The highest BCUT2D eigenvalue weighted by atomic mass is 127. The second kappa shape index (κ2) is 6.01. The van der Waals surface area contributed by atoms with Gasteiger partial charge in [-0.3, -0.25) is 9.59 Å². The molecule has 0 aliphatic heterocycles. The smallest absolute Gasteiger partial charge is 0.252 e. The maximum atomic E-state index is 11.9. The Labute approximate surface area is 127 Å². The summed E-state index contributed by atoms with van der Waals surface area (Å²) in [6, 6.07) is 5.79. The van der Waals surface area contributed by atoms with Gasteiger partial charge in [0.05, 0.1) is 12.1 Å². The molecule has 0 heterocycles. The largest absolute Gasteiger partial charge is 0.352 e. The van der Waals surface area contributed by atoms with Crippen molar-refractivity contribution in [1.82, 2.24) is 10.6 Å². The number of rotatable bonds is 4. The highest BCUT2D eigenvalue weighted by Crippen LogP contribution is 2.19. The van der Waals surface area contributed by atoms with Crippen LogP contribution in [0.2, 0.25) is 0 Å². The van der Waals surface area contributed by atoms with E-state index in [1.165, 1.54) is 0 Å². The van der Waals surface area contributed by atoms with Gasteiger partial charge in [0.15, 0.2) is 0 Å². The zero-order valence-electron chi connectivity index (χ0n) is 9.50. The van der Waals surface area contributed by atoms with E-state index in [0.29, 0.717) is 11.6 Å². The van der Waals surface area contributed by atoms with Gasteiger partial charge in [-0.25, -0.2) is 0 Å². The van der Waals surface area contributed by atoms with Crippen molar-refractivity contribution in [3.63, 3.8) is 0 Å². The van der Waals surface area contributed by atoms with Gasteiger partial charge in [-0.15, -0.1) is 0 Å². The molecule has 0 bridgehead atoms. The Morgan fingerprint density at radius 3 is 2.78 bits per heavy atom. The summed E-state index contributed by atoms with van der Waals surface area (Å²) in [5.74, 6) is -0.359. The van der Waals surface area contributed by atoms with E-state index >= 15 is 0 Å². The lowest BCUT2D eigenvalue weighted by molar-refractivity contribution is -0.120. The molecule has 18 heavy (non-hydrogen) atoms. The van der Waals surface area contributed by atoms with Gasteiger partial charge in [-0.1, -0.05) is 15.9 Å². The van der Waals surface area contributed by atoms with Gasteiger partial charge in [0.2, 0.25) is 5.91 Å². The van der Waals surface area contributed by atoms with E-state index < -0.39 is 0 Å². The summed E-state index contributed by atoms with van der Waals surface area (Å²) in [5.41, 5.74) is 0.573. The van der Waals surface area contributed by atoms with E-state index in [9.17, 15) is 9.59 Å². The van der Waals surface area contributed by atoms with E-state index in [0.717, 1.165) is 20.9 Å². The number of halogens is 2. The topological polar surface area (TPSA) is 58.2 Å². The summed E-state index contributed by atoms with van der Waals surface area (Å²) < 4.78 is 1.70. The molecule has 2 N–H and O–H groups in total. The predicted molar refractivity (Wildman–Crippen MR) is 80.4 cm³/mol. The van der Waals surface area contributed by atoms with Gasteiger partial charge in [0.25, 0.3) is 5.91 Å². The van der Waals surface area contributed by atoms with Crippen LogP contribution in [-0.4, -0.2) is 24.4 Å². The molecular formula is C12H12BrIN2O2. The highest BCUT2D eigenvalue weighted by Gasteiger charge is 2.23. The van der Waals surface area contributed by atoms with E-state index in [2.05, 4.69) is 49.2 Å². The minimum atomic E-state index is -0.230. The van der Waals surface area contributed by atoms with Gasteiger partial charge in [0, 0.05) is 14.1 Å². The van der Waals surface area contributed by atoms with Crippen molar-refractivity contribution >= 4 is 50.3 Å². The lowest BCUT2D eigenvalue weighted by atomic mass is 10.2. The van der Waals surface area contributed by atoms with E-state index in [1.54, 1.807) is 6.07 Å². The van der Waals surface area contributed by atoms with Gasteiger partial charge in [-0.05, 0) is 53.6 Å². The van der Waals surface area contributed by atoms with Gasteiger partial charge >= 0.3 is 0 Å². The summed E-state index contributed by atoms with van der Waals surface area (Å²) in [4.78, 5) is 23.4. The SMILES string of the molecule is O=C(CNC(=O)c1cc(Br)ccc1I)NC1CC1. The van der Waals surface area contributed by atoms with Crippen LogP contribution in [0.25, 0.3) is 0 Å².